The topological polar surface area (TPSA) is 0 Å². The van der Waals surface area contributed by atoms with Crippen LogP contribution in [0.15, 0.2) is 91.6 Å². The Morgan fingerprint density at radius 3 is 2.11 bits per heavy atom. The molecule has 0 bridgehead atoms. The van der Waals surface area contributed by atoms with Crippen molar-refractivity contribution in [1.82, 2.24) is 0 Å². The lowest BCUT2D eigenvalue weighted by Crippen LogP contribution is -2.13. The number of halogens is 2. The van der Waals surface area contributed by atoms with Gasteiger partial charge in [0.2, 0.25) is 0 Å². The van der Waals surface area contributed by atoms with Crippen LogP contribution in [0, 0.1) is 11.3 Å². The summed E-state index contributed by atoms with van der Waals surface area (Å²) in [6, 6.07) is 10.5. The molecule has 2 heteroatoms. The number of benzene rings is 1. The van der Waals surface area contributed by atoms with E-state index in [1.807, 2.05) is 0 Å². The molecule has 0 unspecified atom stereocenters. The summed E-state index contributed by atoms with van der Waals surface area (Å²) < 4.78 is 2.15. The van der Waals surface area contributed by atoms with E-state index in [0.29, 0.717) is 0 Å². The lowest BCUT2D eigenvalue weighted by molar-refractivity contribution is 0.514. The summed E-state index contributed by atoms with van der Waals surface area (Å²) in [4.78, 5) is 0. The molecule has 0 N–H and O–H groups in total. The van der Waals surface area contributed by atoms with E-state index >= 15 is 0 Å². The average Bonchev–Trinajstić information content (AvgIpc) is 2.59. The highest BCUT2D eigenvalue weighted by molar-refractivity contribution is 9.12. The van der Waals surface area contributed by atoms with Gasteiger partial charge >= 0.3 is 0 Å². The van der Waals surface area contributed by atoms with Crippen molar-refractivity contribution < 1.29 is 0 Å². The van der Waals surface area contributed by atoms with Gasteiger partial charge < -0.3 is 0 Å². The van der Waals surface area contributed by atoms with Crippen LogP contribution in [0.5, 0.6) is 0 Å². The predicted octanol–water partition coefficient (Wildman–Crippen LogP) is 8.32. The molecule has 0 amide bonds. The highest BCUT2D eigenvalue weighted by atomic mass is 79.9. The van der Waals surface area contributed by atoms with Crippen molar-refractivity contribution in [1.29, 1.82) is 0 Å². The summed E-state index contributed by atoms with van der Waals surface area (Å²) in [5.41, 5.74) is 9.95. The van der Waals surface area contributed by atoms with Crippen molar-refractivity contribution in [2.45, 2.75) is 40.5 Å². The second kappa shape index (κ2) is 7.87. The maximum absolute atomic E-state index is 3.78. The smallest absolute Gasteiger partial charge is 0.0622 e. The predicted molar refractivity (Wildman–Crippen MR) is 124 cm³/mol. The molecule has 0 atom stereocenters. The average molecular weight is 485 g/mol. The van der Waals surface area contributed by atoms with Gasteiger partial charge in [-0.2, -0.15) is 0 Å². The monoisotopic (exact) mass is 483 g/mol. The Labute approximate surface area is 180 Å². The molecular formula is C25H25Br2+. The first-order valence-electron chi connectivity index (χ1n) is 9.23. The van der Waals surface area contributed by atoms with Gasteiger partial charge in [0.1, 0.15) is 0 Å². The van der Waals surface area contributed by atoms with Crippen LogP contribution in [-0.2, 0) is 0 Å². The van der Waals surface area contributed by atoms with Crippen molar-refractivity contribution in [2.24, 2.45) is 5.41 Å². The number of allylic oxidation sites excluding steroid dienone is 9. The fraction of sp³-hybridized carbons (Fsp3) is 0.280. The molecule has 0 heterocycles. The van der Waals surface area contributed by atoms with E-state index in [4.69, 9.17) is 0 Å². The molecule has 1 aromatic carbocycles. The second-order valence-electron chi connectivity index (χ2n) is 8.20. The zero-order valence-electron chi connectivity index (χ0n) is 16.5. The lowest BCUT2D eigenvalue weighted by Gasteiger charge is -2.21. The van der Waals surface area contributed by atoms with Crippen LogP contribution in [0.2, 0.25) is 0 Å². The SMILES string of the molecule is CC1=CC(C(C)(C)C)=C[C+](C)C1=C=C1C(Br)=CC(c2ccccc2)C=C1Br. The minimum atomic E-state index is 0.149. The zero-order valence-corrected chi connectivity index (χ0v) is 19.7. The molecule has 0 saturated heterocycles. The first-order valence-corrected chi connectivity index (χ1v) is 10.8. The first-order chi connectivity index (χ1) is 12.7. The van der Waals surface area contributed by atoms with Crippen LogP contribution >= 0.6 is 31.9 Å². The van der Waals surface area contributed by atoms with Gasteiger partial charge in [-0.3, -0.25) is 0 Å². The molecule has 1 aromatic rings. The van der Waals surface area contributed by atoms with Gasteiger partial charge in [0.15, 0.2) is 5.57 Å². The Hall–Kier alpha value is -1.47. The molecule has 0 radical (unpaired) electrons. The van der Waals surface area contributed by atoms with E-state index < -0.39 is 0 Å². The molecule has 0 spiro atoms. The third-order valence-corrected chi connectivity index (χ3v) is 6.28. The molecule has 0 saturated carbocycles. The summed E-state index contributed by atoms with van der Waals surface area (Å²) >= 11 is 7.55. The number of hydrogen-bond acceptors (Lipinski definition) is 0. The Bertz CT molecular complexity index is 902. The molecule has 138 valence electrons. The van der Waals surface area contributed by atoms with Crippen LogP contribution in [0.3, 0.4) is 0 Å². The fourth-order valence-electron chi connectivity index (χ4n) is 3.35. The maximum atomic E-state index is 3.78. The van der Waals surface area contributed by atoms with Gasteiger partial charge in [-0.1, -0.05) is 42.5 Å². The molecule has 27 heavy (non-hydrogen) atoms. The molecule has 0 aliphatic heterocycles. The zero-order chi connectivity index (χ0) is 19.8. The standard InChI is InChI=1S/C25H25Br2/c1-16-11-20(25(3,4)5)12-17(2)21(16)15-22-23(26)13-19(14-24(22)27)18-9-7-6-8-10-18/h6-14,19H,1-5H3/q+1. The van der Waals surface area contributed by atoms with Crippen molar-refractivity contribution in [3.8, 4) is 0 Å². The highest BCUT2D eigenvalue weighted by Crippen LogP contribution is 2.41. The quantitative estimate of drug-likeness (QED) is 0.277. The largest absolute Gasteiger partial charge is 0.153 e. The maximum Gasteiger partial charge on any atom is 0.153 e. The fourth-order valence-corrected chi connectivity index (χ4v) is 4.81. The normalized spacial score (nSPS) is 20.6. The van der Waals surface area contributed by atoms with Gasteiger partial charge in [-0.05, 0) is 72.0 Å². The minimum Gasteiger partial charge on any atom is -0.0622 e. The van der Waals surface area contributed by atoms with Crippen LogP contribution in [0.4, 0.5) is 0 Å². The molecular weight excluding hydrogens is 460 g/mol. The summed E-state index contributed by atoms with van der Waals surface area (Å²) in [5, 5.41) is 0. The van der Waals surface area contributed by atoms with E-state index in [1.54, 1.807) is 0 Å². The van der Waals surface area contributed by atoms with Crippen LogP contribution in [-0.4, -0.2) is 0 Å². The van der Waals surface area contributed by atoms with Crippen molar-refractivity contribution in [2.75, 3.05) is 0 Å². The van der Waals surface area contributed by atoms with Gasteiger partial charge in [0.25, 0.3) is 0 Å². The Morgan fingerprint density at radius 2 is 1.59 bits per heavy atom. The summed E-state index contributed by atoms with van der Waals surface area (Å²) in [6.07, 6.45) is 9.08. The van der Waals surface area contributed by atoms with E-state index in [9.17, 15) is 0 Å². The molecule has 2 aliphatic rings. The molecule has 0 nitrogen and oxygen atoms in total. The summed E-state index contributed by atoms with van der Waals surface area (Å²) in [5.74, 6) is 1.52. The lowest BCUT2D eigenvalue weighted by atomic mass is 9.77. The second-order valence-corrected chi connectivity index (χ2v) is 9.91. The third-order valence-electron chi connectivity index (χ3n) is 4.96. The molecule has 2 aliphatic carbocycles. The first kappa shape index (κ1) is 20.3. The molecule has 0 aromatic heterocycles. The minimum absolute atomic E-state index is 0.149. The van der Waals surface area contributed by atoms with Crippen LogP contribution in [0.25, 0.3) is 0 Å². The van der Waals surface area contributed by atoms with Gasteiger partial charge in [0.05, 0.1) is 17.1 Å². The summed E-state index contributed by atoms with van der Waals surface area (Å²) in [7, 11) is 0. The van der Waals surface area contributed by atoms with Crippen LogP contribution in [0.1, 0.15) is 46.1 Å². The van der Waals surface area contributed by atoms with Crippen molar-refractivity contribution >= 4 is 31.9 Å². The number of rotatable bonds is 1. The van der Waals surface area contributed by atoms with E-state index in [0.717, 1.165) is 14.5 Å². The Balaban J connectivity index is 2.02. The third kappa shape index (κ3) is 4.51. The highest BCUT2D eigenvalue weighted by Gasteiger charge is 2.30. The van der Waals surface area contributed by atoms with E-state index in [-0.39, 0.29) is 11.3 Å². The Kier molecular flexibility index (Phi) is 5.91. The van der Waals surface area contributed by atoms with Crippen molar-refractivity contribution in [3.63, 3.8) is 0 Å². The van der Waals surface area contributed by atoms with Crippen LogP contribution < -0.4 is 0 Å². The van der Waals surface area contributed by atoms with Gasteiger partial charge in [-0.25, -0.2) is 0 Å². The number of hydrogen-bond donors (Lipinski definition) is 0. The van der Waals surface area contributed by atoms with Crippen molar-refractivity contribution in [3.05, 3.63) is 103 Å². The Morgan fingerprint density at radius 1 is 1.00 bits per heavy atom. The van der Waals surface area contributed by atoms with E-state index in [2.05, 4.69) is 127 Å². The molecule has 3 rings (SSSR count). The van der Waals surface area contributed by atoms with E-state index in [1.165, 1.54) is 28.2 Å². The van der Waals surface area contributed by atoms with Gasteiger partial charge in [-0.15, -0.1) is 0 Å². The molecule has 0 fully saturated rings. The van der Waals surface area contributed by atoms with Gasteiger partial charge in [0, 0.05) is 43.8 Å². The summed E-state index contributed by atoms with van der Waals surface area (Å²) in [6.45, 7) is 11.1.